The number of aryl methyl sites for hydroxylation is 1. The minimum atomic E-state index is -4.76. The number of benzene rings is 2. The smallest absolute Gasteiger partial charge is 0.377 e. The fourth-order valence-corrected chi connectivity index (χ4v) is 5.98. The number of nitriles is 1. The highest BCUT2D eigenvalue weighted by atomic mass is 19.4. The van der Waals surface area contributed by atoms with E-state index >= 15 is 4.39 Å². The lowest BCUT2D eigenvalue weighted by molar-refractivity contribution is -0.137. The minimum absolute atomic E-state index is 0.00840. The van der Waals surface area contributed by atoms with Gasteiger partial charge < -0.3 is 4.74 Å². The Morgan fingerprint density at radius 1 is 1.04 bits per heavy atom. The fraction of sp³-hybridized carbons (Fsp3) is 0.344. The molecule has 1 aliphatic carbocycles. The highest BCUT2D eigenvalue weighted by molar-refractivity contribution is 5.53. The van der Waals surface area contributed by atoms with E-state index < -0.39 is 40.7 Å². The summed E-state index contributed by atoms with van der Waals surface area (Å²) < 4.78 is 79.4. The van der Waals surface area contributed by atoms with Crippen LogP contribution in [0.4, 0.5) is 22.0 Å². The molecule has 45 heavy (non-hydrogen) atoms. The average Bonchev–Trinajstić information content (AvgIpc) is 3.74. The van der Waals surface area contributed by atoms with Crippen molar-refractivity contribution in [1.82, 2.24) is 29.5 Å². The van der Waals surface area contributed by atoms with Crippen LogP contribution in [0.25, 0.3) is 0 Å². The number of allylic oxidation sites excluding steroid dienone is 3. The molecule has 0 saturated heterocycles. The van der Waals surface area contributed by atoms with E-state index in [0.29, 0.717) is 47.9 Å². The van der Waals surface area contributed by atoms with Crippen LogP contribution in [-0.4, -0.2) is 42.7 Å². The third-order valence-corrected chi connectivity index (χ3v) is 8.12. The van der Waals surface area contributed by atoms with E-state index in [9.17, 15) is 22.8 Å². The standard InChI is InChI=1S/C32H30F5N7O/c1-3-45-15-27-21(2)26(29(44-20-40-18-42-44)10-11-43-19-39-17-41-43)14-31(16-38,13-22-4-7-24(33)8-5-22)30(27)25-9-6-23(12-28(25)34)32(35,36)37/h4-9,12,14,17-20,29-30H,3,10-11,13,15H2,1-2H3. The Balaban J connectivity index is 1.73. The van der Waals surface area contributed by atoms with E-state index in [1.165, 1.54) is 36.9 Å². The monoisotopic (exact) mass is 623 g/mol. The van der Waals surface area contributed by atoms with E-state index in [1.54, 1.807) is 35.0 Å². The molecule has 0 saturated carbocycles. The number of aromatic nitrogens is 6. The van der Waals surface area contributed by atoms with E-state index in [2.05, 4.69) is 26.2 Å². The summed E-state index contributed by atoms with van der Waals surface area (Å²) in [6.07, 6.45) is 3.41. The third kappa shape index (κ3) is 6.71. The van der Waals surface area contributed by atoms with Gasteiger partial charge in [-0.05, 0) is 78.8 Å². The van der Waals surface area contributed by atoms with Gasteiger partial charge in [-0.15, -0.1) is 0 Å². The quantitative estimate of drug-likeness (QED) is 0.174. The van der Waals surface area contributed by atoms with Crippen molar-refractivity contribution in [3.05, 3.63) is 119 Å². The van der Waals surface area contributed by atoms with Crippen LogP contribution < -0.4 is 0 Å². The Labute approximate surface area is 256 Å². The molecule has 0 aliphatic heterocycles. The molecule has 0 spiro atoms. The van der Waals surface area contributed by atoms with Gasteiger partial charge in [0.1, 0.15) is 36.9 Å². The van der Waals surface area contributed by atoms with E-state index in [4.69, 9.17) is 4.74 Å². The topological polar surface area (TPSA) is 94.4 Å². The van der Waals surface area contributed by atoms with Gasteiger partial charge in [0.15, 0.2) is 0 Å². The summed E-state index contributed by atoms with van der Waals surface area (Å²) in [5, 5.41) is 19.6. The molecule has 4 aromatic rings. The second kappa shape index (κ2) is 13.1. The highest BCUT2D eigenvalue weighted by Gasteiger charge is 2.47. The molecule has 0 radical (unpaired) electrons. The maximum Gasteiger partial charge on any atom is 0.416 e. The van der Waals surface area contributed by atoms with Gasteiger partial charge >= 0.3 is 6.18 Å². The van der Waals surface area contributed by atoms with Crippen LogP contribution >= 0.6 is 0 Å². The van der Waals surface area contributed by atoms with Crippen molar-refractivity contribution in [2.24, 2.45) is 5.41 Å². The van der Waals surface area contributed by atoms with Crippen LogP contribution in [-0.2, 0) is 23.9 Å². The molecule has 0 fully saturated rings. The van der Waals surface area contributed by atoms with Crippen molar-refractivity contribution >= 4 is 0 Å². The van der Waals surface area contributed by atoms with E-state index in [-0.39, 0.29) is 18.6 Å². The van der Waals surface area contributed by atoms with E-state index in [1.807, 2.05) is 6.92 Å². The Morgan fingerprint density at radius 2 is 1.78 bits per heavy atom. The number of halogens is 5. The Kier molecular flexibility index (Phi) is 9.24. The number of hydrogen-bond donors (Lipinski definition) is 0. The molecule has 1 aliphatic rings. The van der Waals surface area contributed by atoms with Crippen LogP contribution in [0.1, 0.15) is 48.9 Å². The van der Waals surface area contributed by atoms with Crippen molar-refractivity contribution in [1.29, 1.82) is 5.26 Å². The molecular formula is C32H30F5N7O. The number of ether oxygens (including phenoxy) is 1. The van der Waals surface area contributed by atoms with Gasteiger partial charge in [0.25, 0.3) is 0 Å². The maximum atomic E-state index is 15.8. The van der Waals surface area contributed by atoms with Gasteiger partial charge in [0.05, 0.1) is 29.7 Å². The molecule has 13 heteroatoms. The zero-order valence-electron chi connectivity index (χ0n) is 24.5. The van der Waals surface area contributed by atoms with Crippen LogP contribution in [0, 0.1) is 28.4 Å². The van der Waals surface area contributed by atoms with Crippen molar-refractivity contribution in [3.63, 3.8) is 0 Å². The summed E-state index contributed by atoms with van der Waals surface area (Å²) in [4.78, 5) is 8.12. The third-order valence-electron chi connectivity index (χ3n) is 8.12. The second-order valence-electron chi connectivity index (χ2n) is 10.8. The van der Waals surface area contributed by atoms with Gasteiger partial charge in [-0.3, -0.25) is 4.68 Å². The predicted octanol–water partition coefficient (Wildman–Crippen LogP) is 6.63. The molecule has 0 N–H and O–H groups in total. The highest BCUT2D eigenvalue weighted by Crippen LogP contribution is 2.53. The lowest BCUT2D eigenvalue weighted by atomic mass is 9.60. The van der Waals surface area contributed by atoms with Crippen molar-refractivity contribution < 1.29 is 26.7 Å². The summed E-state index contributed by atoms with van der Waals surface area (Å²) >= 11 is 0. The fourth-order valence-electron chi connectivity index (χ4n) is 5.98. The maximum absolute atomic E-state index is 15.8. The van der Waals surface area contributed by atoms with Crippen molar-refractivity contribution in [3.8, 4) is 6.07 Å². The molecule has 3 unspecified atom stereocenters. The molecular weight excluding hydrogens is 593 g/mol. The normalized spacial score (nSPS) is 19.3. The Hall–Kier alpha value is -4.70. The molecule has 234 valence electrons. The molecule has 3 atom stereocenters. The van der Waals surface area contributed by atoms with Gasteiger partial charge in [-0.1, -0.05) is 24.3 Å². The molecule has 0 amide bonds. The second-order valence-corrected chi connectivity index (χ2v) is 10.8. The largest absolute Gasteiger partial charge is 0.416 e. The molecule has 8 nitrogen and oxygen atoms in total. The van der Waals surface area contributed by atoms with Crippen molar-refractivity contribution in [2.45, 2.75) is 51.4 Å². The van der Waals surface area contributed by atoms with Crippen molar-refractivity contribution in [2.75, 3.05) is 13.2 Å². The number of alkyl halides is 3. The van der Waals surface area contributed by atoms with Gasteiger partial charge in [-0.2, -0.15) is 28.6 Å². The van der Waals surface area contributed by atoms with Crippen LogP contribution in [0.2, 0.25) is 0 Å². The molecule has 0 bridgehead atoms. The summed E-state index contributed by atoms with van der Waals surface area (Å²) in [6, 6.07) is 9.92. The first-order chi connectivity index (χ1) is 21.6. The molecule has 2 aromatic heterocycles. The molecule has 2 heterocycles. The summed E-state index contributed by atoms with van der Waals surface area (Å²) in [6.45, 7) is 4.34. The SMILES string of the molecule is CCOCC1=C(C)C(C(CCn2cncn2)n2cncn2)=CC(C#N)(Cc2ccc(F)cc2)C1c1ccc(C(F)(F)F)cc1F. The number of rotatable bonds is 11. The van der Waals surface area contributed by atoms with Gasteiger partial charge in [0, 0.05) is 19.1 Å². The minimum Gasteiger partial charge on any atom is -0.377 e. The first kappa shape index (κ1) is 31.7. The summed E-state index contributed by atoms with van der Waals surface area (Å²) in [5.41, 5.74) is -0.214. The Morgan fingerprint density at radius 3 is 2.38 bits per heavy atom. The number of nitrogens with zero attached hydrogens (tertiary/aromatic N) is 7. The average molecular weight is 624 g/mol. The zero-order chi connectivity index (χ0) is 32.2. The number of hydrogen-bond acceptors (Lipinski definition) is 6. The van der Waals surface area contributed by atoms with Crippen LogP contribution in [0.15, 0.2) is 90.6 Å². The van der Waals surface area contributed by atoms with Gasteiger partial charge in [0.2, 0.25) is 0 Å². The summed E-state index contributed by atoms with van der Waals surface area (Å²) in [5.74, 6) is -2.59. The first-order valence-electron chi connectivity index (χ1n) is 14.3. The lowest BCUT2D eigenvalue weighted by Crippen LogP contribution is -2.36. The Bertz CT molecular complexity index is 1710. The zero-order valence-corrected chi connectivity index (χ0v) is 24.5. The van der Waals surface area contributed by atoms with Gasteiger partial charge in [-0.25, -0.2) is 23.4 Å². The lowest BCUT2D eigenvalue weighted by Gasteiger charge is -2.42. The molecule has 5 rings (SSSR count). The van der Waals surface area contributed by atoms with Crippen LogP contribution in [0.3, 0.4) is 0 Å². The summed E-state index contributed by atoms with van der Waals surface area (Å²) in [7, 11) is 0. The first-order valence-corrected chi connectivity index (χ1v) is 14.3. The predicted molar refractivity (Wildman–Crippen MR) is 153 cm³/mol. The van der Waals surface area contributed by atoms with Crippen LogP contribution in [0.5, 0.6) is 0 Å². The van der Waals surface area contributed by atoms with E-state index in [0.717, 1.165) is 12.1 Å². The molecule has 2 aromatic carbocycles.